The van der Waals surface area contributed by atoms with E-state index in [0.717, 1.165) is 45.6 Å². The summed E-state index contributed by atoms with van der Waals surface area (Å²) in [5.74, 6) is 0. The molecule has 0 aromatic carbocycles. The summed E-state index contributed by atoms with van der Waals surface area (Å²) in [6.45, 7) is 5.03. The van der Waals surface area contributed by atoms with Gasteiger partial charge in [0.2, 0.25) is 0 Å². The molecule has 1 unspecified atom stereocenters. The molecule has 2 N–H and O–H groups in total. The van der Waals surface area contributed by atoms with E-state index in [1.165, 1.54) is 6.42 Å². The molecule has 0 aliphatic carbocycles. The number of hydrogen-bond donors (Lipinski definition) is 2. The van der Waals surface area contributed by atoms with E-state index in [9.17, 15) is 5.11 Å². The van der Waals surface area contributed by atoms with E-state index in [-0.39, 0.29) is 0 Å². The molecule has 0 aromatic rings. The van der Waals surface area contributed by atoms with Gasteiger partial charge in [-0.1, -0.05) is 0 Å². The van der Waals surface area contributed by atoms with Gasteiger partial charge in [0.15, 0.2) is 0 Å². The van der Waals surface area contributed by atoms with Crippen molar-refractivity contribution in [3.63, 3.8) is 0 Å². The lowest BCUT2D eigenvalue weighted by atomic mass is 9.92. The molecule has 0 radical (unpaired) electrons. The second-order valence-corrected chi connectivity index (χ2v) is 5.62. The summed E-state index contributed by atoms with van der Waals surface area (Å²) >= 11 is 0. The van der Waals surface area contributed by atoms with E-state index in [1.54, 1.807) is 0 Å². The van der Waals surface area contributed by atoms with Crippen LogP contribution < -0.4 is 5.32 Å². The fourth-order valence-corrected chi connectivity index (χ4v) is 2.84. The van der Waals surface area contributed by atoms with Gasteiger partial charge >= 0.3 is 0 Å². The summed E-state index contributed by atoms with van der Waals surface area (Å²) in [6, 6.07) is 0.672. The van der Waals surface area contributed by atoms with Crippen LogP contribution in [0.2, 0.25) is 0 Å². The number of likely N-dealkylation sites (tertiary alicyclic amines) is 1. The minimum atomic E-state index is -0.438. The molecule has 0 amide bonds. The van der Waals surface area contributed by atoms with Gasteiger partial charge in [-0.25, -0.2) is 0 Å². The number of piperidine rings is 1. The molecule has 2 fully saturated rings. The molecule has 0 aromatic heterocycles. The first kappa shape index (κ1) is 12.3. The molecule has 2 aliphatic rings. The zero-order chi connectivity index (χ0) is 11.6. The quantitative estimate of drug-likeness (QED) is 0.697. The Labute approximate surface area is 98.6 Å². The zero-order valence-electron chi connectivity index (χ0n) is 10.6. The van der Waals surface area contributed by atoms with Crippen LogP contribution in [0.15, 0.2) is 0 Å². The van der Waals surface area contributed by atoms with Crippen LogP contribution in [0, 0.1) is 0 Å². The van der Waals surface area contributed by atoms with Gasteiger partial charge in [-0.3, -0.25) is 4.90 Å². The maximum atomic E-state index is 10.5. The van der Waals surface area contributed by atoms with Gasteiger partial charge in [-0.15, -0.1) is 0 Å². The Morgan fingerprint density at radius 1 is 1.38 bits per heavy atom. The maximum Gasteiger partial charge on any atom is 0.0798 e. The smallest absolute Gasteiger partial charge is 0.0798 e. The molecule has 2 rings (SSSR count). The highest BCUT2D eigenvalue weighted by atomic mass is 16.3. The molecule has 0 spiro atoms. The minimum absolute atomic E-state index is 0.438. The van der Waals surface area contributed by atoms with Crippen molar-refractivity contribution in [2.45, 2.75) is 30.9 Å². The summed E-state index contributed by atoms with van der Waals surface area (Å²) in [5.41, 5.74) is -0.438. The summed E-state index contributed by atoms with van der Waals surface area (Å²) in [5, 5.41) is 13.8. The fourth-order valence-electron chi connectivity index (χ4n) is 2.84. The predicted octanol–water partition coefficient (Wildman–Crippen LogP) is -0.263. The standard InChI is InChI=1S/C12H25N3O/c1-14(2)11-3-8-15(9-11)10-12(16)4-6-13-7-5-12/h11,13,16H,3-10H2,1-2H3. The van der Waals surface area contributed by atoms with Crippen molar-refractivity contribution in [2.24, 2.45) is 0 Å². The SMILES string of the molecule is CN(C)C1CCN(CC2(O)CCNCC2)C1. The first-order chi connectivity index (χ1) is 7.59. The largest absolute Gasteiger partial charge is 0.388 e. The van der Waals surface area contributed by atoms with Crippen molar-refractivity contribution >= 4 is 0 Å². The van der Waals surface area contributed by atoms with Crippen LogP contribution in [0.4, 0.5) is 0 Å². The highest BCUT2D eigenvalue weighted by Gasteiger charge is 2.34. The Kier molecular flexibility index (Phi) is 3.85. The van der Waals surface area contributed by atoms with E-state index in [2.05, 4.69) is 29.2 Å². The number of rotatable bonds is 3. The van der Waals surface area contributed by atoms with Gasteiger partial charge in [0, 0.05) is 19.1 Å². The molecular formula is C12H25N3O. The lowest BCUT2D eigenvalue weighted by Crippen LogP contribution is -2.49. The van der Waals surface area contributed by atoms with Gasteiger partial charge in [0.25, 0.3) is 0 Å². The van der Waals surface area contributed by atoms with Crippen molar-refractivity contribution < 1.29 is 5.11 Å². The number of nitrogens with zero attached hydrogens (tertiary/aromatic N) is 2. The van der Waals surface area contributed by atoms with Crippen molar-refractivity contribution in [1.82, 2.24) is 15.1 Å². The number of β-amino-alcohol motifs (C(OH)–C–C–N with tert-alkyl or cyclic N) is 1. The molecule has 4 nitrogen and oxygen atoms in total. The zero-order valence-corrected chi connectivity index (χ0v) is 10.6. The van der Waals surface area contributed by atoms with Crippen molar-refractivity contribution in [3.05, 3.63) is 0 Å². The third kappa shape index (κ3) is 2.94. The Balaban J connectivity index is 1.81. The summed E-state index contributed by atoms with van der Waals surface area (Å²) in [7, 11) is 4.29. The maximum absolute atomic E-state index is 10.5. The molecule has 2 heterocycles. The molecule has 2 aliphatic heterocycles. The van der Waals surface area contributed by atoms with E-state index >= 15 is 0 Å². The lowest BCUT2D eigenvalue weighted by molar-refractivity contribution is -0.0168. The van der Waals surface area contributed by atoms with Crippen LogP contribution in [-0.2, 0) is 0 Å². The van der Waals surface area contributed by atoms with Gasteiger partial charge < -0.3 is 15.3 Å². The Morgan fingerprint density at radius 3 is 2.62 bits per heavy atom. The van der Waals surface area contributed by atoms with Gasteiger partial charge in [-0.05, 0) is 53.0 Å². The van der Waals surface area contributed by atoms with Gasteiger partial charge in [0.05, 0.1) is 5.60 Å². The molecule has 0 bridgehead atoms. The second kappa shape index (κ2) is 5.00. The lowest BCUT2D eigenvalue weighted by Gasteiger charge is -2.36. The molecule has 2 saturated heterocycles. The highest BCUT2D eigenvalue weighted by Crippen LogP contribution is 2.22. The van der Waals surface area contributed by atoms with Crippen molar-refractivity contribution in [2.75, 3.05) is 46.8 Å². The third-order valence-corrected chi connectivity index (χ3v) is 4.03. The monoisotopic (exact) mass is 227 g/mol. The van der Waals surface area contributed by atoms with E-state index in [4.69, 9.17) is 0 Å². The van der Waals surface area contributed by atoms with Crippen LogP contribution in [0.1, 0.15) is 19.3 Å². The molecule has 1 atom stereocenters. The molecule has 0 saturated carbocycles. The molecular weight excluding hydrogens is 202 g/mol. The average Bonchev–Trinajstić information content (AvgIpc) is 2.66. The molecule has 94 valence electrons. The number of nitrogens with one attached hydrogen (secondary N) is 1. The van der Waals surface area contributed by atoms with E-state index < -0.39 is 5.60 Å². The minimum Gasteiger partial charge on any atom is -0.388 e. The normalized spacial score (nSPS) is 31.1. The van der Waals surface area contributed by atoms with Gasteiger partial charge in [-0.2, -0.15) is 0 Å². The Bertz CT molecular complexity index is 226. The van der Waals surface area contributed by atoms with Gasteiger partial charge in [0.1, 0.15) is 0 Å². The first-order valence-electron chi connectivity index (χ1n) is 6.41. The predicted molar refractivity (Wildman–Crippen MR) is 65.6 cm³/mol. The van der Waals surface area contributed by atoms with Crippen LogP contribution in [-0.4, -0.2) is 73.4 Å². The number of aliphatic hydroxyl groups is 1. The topological polar surface area (TPSA) is 38.7 Å². The van der Waals surface area contributed by atoms with Crippen molar-refractivity contribution in [1.29, 1.82) is 0 Å². The Hall–Kier alpha value is -0.160. The summed E-state index contributed by atoms with van der Waals surface area (Å²) in [6.07, 6.45) is 3.04. The Morgan fingerprint density at radius 2 is 2.06 bits per heavy atom. The highest BCUT2D eigenvalue weighted by molar-refractivity contribution is 4.90. The molecule has 4 heteroatoms. The molecule has 16 heavy (non-hydrogen) atoms. The van der Waals surface area contributed by atoms with Crippen LogP contribution in [0.5, 0.6) is 0 Å². The first-order valence-corrected chi connectivity index (χ1v) is 6.41. The van der Waals surface area contributed by atoms with E-state index in [1.807, 2.05) is 0 Å². The van der Waals surface area contributed by atoms with Crippen molar-refractivity contribution in [3.8, 4) is 0 Å². The summed E-state index contributed by atoms with van der Waals surface area (Å²) in [4.78, 5) is 4.72. The van der Waals surface area contributed by atoms with Crippen LogP contribution in [0.3, 0.4) is 0 Å². The third-order valence-electron chi connectivity index (χ3n) is 4.03. The second-order valence-electron chi connectivity index (χ2n) is 5.62. The van der Waals surface area contributed by atoms with Crippen LogP contribution in [0.25, 0.3) is 0 Å². The number of hydrogen-bond acceptors (Lipinski definition) is 4. The number of likely N-dealkylation sites (N-methyl/N-ethyl adjacent to an activating group) is 1. The average molecular weight is 227 g/mol. The fraction of sp³-hybridized carbons (Fsp3) is 1.00. The summed E-state index contributed by atoms with van der Waals surface area (Å²) < 4.78 is 0. The van der Waals surface area contributed by atoms with Crippen LogP contribution >= 0.6 is 0 Å². The van der Waals surface area contributed by atoms with E-state index in [0.29, 0.717) is 6.04 Å².